The summed E-state index contributed by atoms with van der Waals surface area (Å²) in [6, 6.07) is 5.75. The molecule has 1 aromatic carbocycles. The van der Waals surface area contributed by atoms with Gasteiger partial charge in [-0.05, 0) is 43.4 Å². The van der Waals surface area contributed by atoms with Gasteiger partial charge in [-0.25, -0.2) is 13.1 Å². The minimum Gasteiger partial charge on any atom is -0.493 e. The molecule has 0 unspecified atom stereocenters. The molecule has 148 valence electrons. The van der Waals surface area contributed by atoms with E-state index in [9.17, 15) is 8.42 Å². The molecule has 0 radical (unpaired) electrons. The van der Waals surface area contributed by atoms with Crippen LogP contribution in [0.4, 0.5) is 0 Å². The van der Waals surface area contributed by atoms with Crippen LogP contribution in [0.2, 0.25) is 0 Å². The Morgan fingerprint density at radius 1 is 1.33 bits per heavy atom. The van der Waals surface area contributed by atoms with Crippen molar-refractivity contribution in [2.45, 2.75) is 25.6 Å². The first-order valence-electron chi connectivity index (χ1n) is 8.49. The van der Waals surface area contributed by atoms with E-state index in [1.807, 2.05) is 30.1 Å². The molecule has 1 aliphatic heterocycles. The fourth-order valence-corrected chi connectivity index (χ4v) is 5.05. The maximum absolute atomic E-state index is 11.7. The number of ether oxygens (including phenoxy) is 2. The summed E-state index contributed by atoms with van der Waals surface area (Å²) in [4.78, 5) is 2.27. The predicted octanol–water partition coefficient (Wildman–Crippen LogP) is 2.21. The van der Waals surface area contributed by atoms with E-state index >= 15 is 0 Å². The molecular weight excluding hydrogens is 390 g/mol. The molecule has 1 aromatic heterocycles. The monoisotopic (exact) mass is 413 g/mol. The van der Waals surface area contributed by atoms with Gasteiger partial charge in [-0.15, -0.1) is 5.10 Å². The largest absolute Gasteiger partial charge is 0.493 e. The average Bonchev–Trinajstić information content (AvgIpc) is 3.17. The fourth-order valence-electron chi connectivity index (χ4n) is 3.14. The molecule has 0 N–H and O–H groups in total. The smallest absolute Gasteiger partial charge is 0.288 e. The van der Waals surface area contributed by atoms with E-state index in [1.54, 1.807) is 18.9 Å². The molecule has 0 aliphatic carbocycles. The molecule has 0 amide bonds. The van der Waals surface area contributed by atoms with Crippen molar-refractivity contribution in [3.63, 3.8) is 0 Å². The number of hydrogen-bond donors (Lipinski definition) is 0. The van der Waals surface area contributed by atoms with Crippen LogP contribution in [0.1, 0.15) is 23.8 Å². The van der Waals surface area contributed by atoms with Crippen LogP contribution >= 0.6 is 12.2 Å². The lowest BCUT2D eigenvalue weighted by Gasteiger charge is -2.17. The van der Waals surface area contributed by atoms with Gasteiger partial charge in [0.25, 0.3) is 4.84 Å². The molecule has 0 saturated carbocycles. The van der Waals surface area contributed by atoms with E-state index < -0.39 is 9.84 Å². The summed E-state index contributed by atoms with van der Waals surface area (Å²) in [5.74, 6) is 1.79. The van der Waals surface area contributed by atoms with Gasteiger partial charge in [-0.2, -0.15) is 0 Å². The Morgan fingerprint density at radius 2 is 2.07 bits per heavy atom. The Kier molecular flexibility index (Phi) is 5.87. The van der Waals surface area contributed by atoms with Crippen molar-refractivity contribution in [1.82, 2.24) is 14.7 Å². The maximum atomic E-state index is 11.7. The van der Waals surface area contributed by atoms with E-state index in [4.69, 9.17) is 26.1 Å². The van der Waals surface area contributed by atoms with Crippen LogP contribution in [-0.4, -0.2) is 55.9 Å². The maximum Gasteiger partial charge on any atom is 0.288 e. The lowest BCUT2D eigenvalue weighted by molar-refractivity contribution is 0.240. The highest BCUT2D eigenvalue weighted by Gasteiger charge is 2.32. The number of nitrogens with zero attached hydrogens (tertiary/aromatic N) is 3. The number of methoxy groups -OCH3 is 2. The first-order chi connectivity index (χ1) is 12.8. The molecule has 8 nitrogen and oxygen atoms in total. The fraction of sp³-hybridized carbons (Fsp3) is 0.529. The van der Waals surface area contributed by atoms with Crippen LogP contribution in [0.25, 0.3) is 0 Å². The van der Waals surface area contributed by atoms with Crippen LogP contribution in [0.15, 0.2) is 22.6 Å². The molecule has 1 fully saturated rings. The Labute approximate surface area is 163 Å². The minimum atomic E-state index is -3.00. The molecule has 0 spiro atoms. The summed E-state index contributed by atoms with van der Waals surface area (Å²) in [6.45, 7) is 1.07. The highest BCUT2D eigenvalue weighted by molar-refractivity contribution is 7.91. The van der Waals surface area contributed by atoms with Crippen molar-refractivity contribution < 1.29 is 22.3 Å². The second-order valence-electron chi connectivity index (χ2n) is 6.65. The second-order valence-corrected chi connectivity index (χ2v) is 9.23. The van der Waals surface area contributed by atoms with E-state index in [1.165, 1.54) is 0 Å². The molecule has 10 heteroatoms. The van der Waals surface area contributed by atoms with E-state index in [2.05, 4.69) is 5.10 Å². The van der Waals surface area contributed by atoms with Gasteiger partial charge >= 0.3 is 0 Å². The van der Waals surface area contributed by atoms with Crippen molar-refractivity contribution >= 4 is 22.1 Å². The van der Waals surface area contributed by atoms with Crippen molar-refractivity contribution in [1.29, 1.82) is 0 Å². The van der Waals surface area contributed by atoms with Crippen molar-refractivity contribution in [3.8, 4) is 11.5 Å². The molecule has 1 saturated heterocycles. The van der Waals surface area contributed by atoms with Crippen molar-refractivity contribution in [3.05, 3.63) is 34.5 Å². The zero-order valence-corrected chi connectivity index (χ0v) is 17.2. The van der Waals surface area contributed by atoms with Crippen molar-refractivity contribution in [2.24, 2.45) is 0 Å². The van der Waals surface area contributed by atoms with Gasteiger partial charge in [0.15, 0.2) is 21.3 Å². The Balaban J connectivity index is 1.68. The Morgan fingerprint density at radius 3 is 2.70 bits per heavy atom. The molecule has 1 atom stereocenters. The van der Waals surface area contributed by atoms with E-state index in [-0.39, 0.29) is 22.3 Å². The number of sulfone groups is 1. The SMILES string of the molecule is COc1ccc(CN(C)Cn2nc([C@@H]3CCS(=O)(=O)C3)oc2=S)cc1OC. The number of rotatable bonds is 7. The second kappa shape index (κ2) is 7.99. The van der Waals surface area contributed by atoms with Gasteiger partial charge in [0.05, 0.1) is 38.3 Å². The highest BCUT2D eigenvalue weighted by Crippen LogP contribution is 2.29. The van der Waals surface area contributed by atoms with Crippen LogP contribution in [0.3, 0.4) is 0 Å². The average molecular weight is 414 g/mol. The molecule has 27 heavy (non-hydrogen) atoms. The topological polar surface area (TPSA) is 86.8 Å². The number of aromatic nitrogens is 2. The number of hydrogen-bond acceptors (Lipinski definition) is 8. The minimum absolute atomic E-state index is 0.0732. The van der Waals surface area contributed by atoms with Crippen molar-refractivity contribution in [2.75, 3.05) is 32.8 Å². The summed E-state index contributed by atoms with van der Waals surface area (Å²) in [7, 11) is 2.14. The number of benzene rings is 1. The lowest BCUT2D eigenvalue weighted by atomic mass is 10.1. The molecule has 3 rings (SSSR count). The molecule has 2 heterocycles. The Hall–Kier alpha value is -1.91. The summed E-state index contributed by atoms with van der Waals surface area (Å²) >= 11 is 5.24. The quantitative estimate of drug-likeness (QED) is 0.639. The van der Waals surface area contributed by atoms with Gasteiger partial charge < -0.3 is 13.9 Å². The van der Waals surface area contributed by atoms with Crippen LogP contribution in [0.5, 0.6) is 11.5 Å². The van der Waals surface area contributed by atoms with Crippen LogP contribution < -0.4 is 9.47 Å². The summed E-state index contributed by atoms with van der Waals surface area (Å²) in [6.07, 6.45) is 0.527. The zero-order chi connectivity index (χ0) is 19.6. The van der Waals surface area contributed by atoms with Gasteiger partial charge in [0.2, 0.25) is 5.89 Å². The van der Waals surface area contributed by atoms with Gasteiger partial charge in [0, 0.05) is 6.54 Å². The van der Waals surface area contributed by atoms with E-state index in [0.717, 1.165) is 5.56 Å². The molecule has 2 aromatic rings. The standard InChI is InChI=1S/C17H23N3O5S2/c1-19(9-12-4-5-14(23-2)15(8-12)24-3)11-20-17(26)25-16(18-20)13-6-7-27(21,22)10-13/h4-5,8,13H,6-7,9-11H2,1-3H3/t13-/m1/s1. The lowest BCUT2D eigenvalue weighted by Crippen LogP contribution is -2.22. The zero-order valence-electron chi connectivity index (χ0n) is 15.5. The first-order valence-corrected chi connectivity index (χ1v) is 10.7. The highest BCUT2D eigenvalue weighted by atomic mass is 32.2. The summed E-state index contributed by atoms with van der Waals surface area (Å²) < 4.78 is 41.0. The predicted molar refractivity (Wildman–Crippen MR) is 102 cm³/mol. The third-order valence-corrected chi connectivity index (χ3v) is 6.54. The molecular formula is C17H23N3O5S2. The third kappa shape index (κ3) is 4.69. The first kappa shape index (κ1) is 19.8. The van der Waals surface area contributed by atoms with E-state index in [0.29, 0.717) is 37.0 Å². The Bertz CT molecular complexity index is 967. The van der Waals surface area contributed by atoms with Gasteiger partial charge in [-0.1, -0.05) is 6.07 Å². The normalized spacial score (nSPS) is 18.7. The van der Waals surface area contributed by atoms with Crippen LogP contribution in [0, 0.1) is 4.84 Å². The summed E-state index contributed by atoms with van der Waals surface area (Å²) in [5.41, 5.74) is 1.05. The molecule has 1 aliphatic rings. The summed E-state index contributed by atoms with van der Waals surface area (Å²) in [5, 5.41) is 4.40. The third-order valence-electron chi connectivity index (χ3n) is 4.48. The van der Waals surface area contributed by atoms with Gasteiger partial charge in [-0.3, -0.25) is 4.90 Å². The van der Waals surface area contributed by atoms with Crippen LogP contribution in [-0.2, 0) is 23.1 Å². The molecule has 0 bridgehead atoms. The van der Waals surface area contributed by atoms with Gasteiger partial charge in [0.1, 0.15) is 0 Å².